The van der Waals surface area contributed by atoms with Crippen molar-refractivity contribution in [3.63, 3.8) is 0 Å². The molecule has 2 atom stereocenters. The Morgan fingerprint density at radius 2 is 2.03 bits per heavy atom. The van der Waals surface area contributed by atoms with Crippen LogP contribution < -0.4 is 15.6 Å². The molecule has 2 fully saturated rings. The highest BCUT2D eigenvalue weighted by Crippen LogP contribution is 2.29. The monoisotopic (exact) mass is 394 g/mol. The third kappa shape index (κ3) is 4.77. The summed E-state index contributed by atoms with van der Waals surface area (Å²) in [7, 11) is 1.67. The molecule has 1 saturated heterocycles. The van der Waals surface area contributed by atoms with Crippen LogP contribution in [0.5, 0.6) is 5.75 Å². The maximum atomic E-state index is 13.5. The van der Waals surface area contributed by atoms with Crippen LogP contribution in [0.4, 0.5) is 0 Å². The zero-order valence-corrected chi connectivity index (χ0v) is 17.0. The molecule has 1 aromatic carbocycles. The molecule has 2 heterocycles. The lowest BCUT2D eigenvalue weighted by molar-refractivity contribution is -0.137. The first-order valence-corrected chi connectivity index (χ1v) is 10.6. The molecule has 1 amide bonds. The molecule has 1 aliphatic heterocycles. The van der Waals surface area contributed by atoms with E-state index < -0.39 is 0 Å². The Balaban J connectivity index is 1.48. The molecule has 2 aromatic rings. The largest absolute Gasteiger partial charge is 0.497 e. The number of hydrogen-bond donors (Lipinski definition) is 2. The average Bonchev–Trinajstić information content (AvgIpc) is 3.29. The number of carbonyl (C=O) groups is 1. The second kappa shape index (κ2) is 9.37. The van der Waals surface area contributed by atoms with E-state index in [1.165, 1.54) is 19.3 Å². The van der Waals surface area contributed by atoms with Crippen LogP contribution in [-0.2, 0) is 11.3 Å². The smallest absolute Gasteiger partial charge is 0.241 e. The molecule has 0 spiro atoms. The zero-order valence-electron chi connectivity index (χ0n) is 17.0. The van der Waals surface area contributed by atoms with Crippen LogP contribution in [0.15, 0.2) is 48.8 Å². The van der Waals surface area contributed by atoms with Crippen molar-refractivity contribution in [2.75, 3.05) is 7.11 Å². The van der Waals surface area contributed by atoms with E-state index in [9.17, 15) is 4.79 Å². The standard InChI is InChI=1S/C23H30N4O2/c1-29-20-11-5-8-18(13-20)21-14-22(26-25-21)23(28)27(19-9-3-2-4-10-19)16-17-7-6-12-24-15-17/h5-8,11-13,15,19,21-22,25-26H,2-4,9-10,14,16H2,1H3. The molecule has 29 heavy (non-hydrogen) atoms. The van der Waals surface area contributed by atoms with Gasteiger partial charge in [0, 0.05) is 31.0 Å². The maximum Gasteiger partial charge on any atom is 0.241 e. The Hall–Kier alpha value is -2.44. The van der Waals surface area contributed by atoms with Crippen LogP contribution in [0.25, 0.3) is 0 Å². The molecule has 154 valence electrons. The zero-order chi connectivity index (χ0) is 20.1. The molecule has 6 heteroatoms. The fourth-order valence-electron chi connectivity index (χ4n) is 4.46. The molecular weight excluding hydrogens is 364 g/mol. The minimum Gasteiger partial charge on any atom is -0.497 e. The Bertz CT molecular complexity index is 808. The van der Waals surface area contributed by atoms with E-state index in [0.29, 0.717) is 12.6 Å². The van der Waals surface area contributed by atoms with Gasteiger partial charge in [0.25, 0.3) is 0 Å². The number of hydrazine groups is 1. The van der Waals surface area contributed by atoms with Gasteiger partial charge in [-0.15, -0.1) is 0 Å². The number of methoxy groups -OCH3 is 1. The van der Waals surface area contributed by atoms with Gasteiger partial charge in [-0.2, -0.15) is 0 Å². The number of nitrogens with one attached hydrogen (secondary N) is 2. The third-order valence-corrected chi connectivity index (χ3v) is 6.07. The van der Waals surface area contributed by atoms with Crippen molar-refractivity contribution in [3.05, 3.63) is 59.9 Å². The summed E-state index contributed by atoms with van der Waals surface area (Å²) in [4.78, 5) is 19.8. The van der Waals surface area contributed by atoms with Gasteiger partial charge in [-0.25, -0.2) is 10.9 Å². The fourth-order valence-corrected chi connectivity index (χ4v) is 4.46. The fraction of sp³-hybridized carbons (Fsp3) is 0.478. The van der Waals surface area contributed by atoms with Crippen molar-refractivity contribution in [3.8, 4) is 5.75 Å². The summed E-state index contributed by atoms with van der Waals surface area (Å²) in [6.07, 6.45) is 10.2. The van der Waals surface area contributed by atoms with Crippen LogP contribution >= 0.6 is 0 Å². The summed E-state index contributed by atoms with van der Waals surface area (Å²) in [5, 5.41) is 0. The van der Waals surface area contributed by atoms with E-state index in [1.54, 1.807) is 13.3 Å². The summed E-state index contributed by atoms with van der Waals surface area (Å²) in [6, 6.07) is 12.2. The Morgan fingerprint density at radius 3 is 2.79 bits per heavy atom. The summed E-state index contributed by atoms with van der Waals surface area (Å²) in [5.41, 5.74) is 8.77. The SMILES string of the molecule is COc1cccc(C2CC(C(=O)N(Cc3cccnc3)C3CCCCC3)NN2)c1. The van der Waals surface area contributed by atoms with Crippen molar-refractivity contribution in [2.24, 2.45) is 0 Å². The molecule has 2 N–H and O–H groups in total. The Kier molecular flexibility index (Phi) is 6.42. The van der Waals surface area contributed by atoms with Gasteiger partial charge in [0.2, 0.25) is 5.91 Å². The van der Waals surface area contributed by atoms with Gasteiger partial charge in [-0.1, -0.05) is 37.5 Å². The molecule has 0 radical (unpaired) electrons. The number of amides is 1. The number of pyridine rings is 1. The lowest BCUT2D eigenvalue weighted by atomic mass is 9.93. The first-order valence-electron chi connectivity index (χ1n) is 10.6. The quantitative estimate of drug-likeness (QED) is 0.786. The summed E-state index contributed by atoms with van der Waals surface area (Å²) >= 11 is 0. The van der Waals surface area contributed by atoms with E-state index in [0.717, 1.165) is 36.1 Å². The van der Waals surface area contributed by atoms with E-state index in [-0.39, 0.29) is 18.0 Å². The third-order valence-electron chi connectivity index (χ3n) is 6.07. The number of aromatic nitrogens is 1. The second-order valence-corrected chi connectivity index (χ2v) is 8.03. The predicted molar refractivity (Wildman–Crippen MR) is 112 cm³/mol. The minimum absolute atomic E-state index is 0.0886. The van der Waals surface area contributed by atoms with Crippen molar-refractivity contribution in [1.29, 1.82) is 0 Å². The molecule has 1 aromatic heterocycles. The van der Waals surface area contributed by atoms with Gasteiger partial charge in [0.05, 0.1) is 7.11 Å². The molecule has 2 aliphatic rings. The maximum absolute atomic E-state index is 13.5. The van der Waals surface area contributed by atoms with Crippen molar-refractivity contribution in [1.82, 2.24) is 20.7 Å². The van der Waals surface area contributed by atoms with Gasteiger partial charge in [-0.05, 0) is 48.6 Å². The molecule has 6 nitrogen and oxygen atoms in total. The van der Waals surface area contributed by atoms with Gasteiger partial charge < -0.3 is 9.64 Å². The van der Waals surface area contributed by atoms with Gasteiger partial charge in [0.1, 0.15) is 11.8 Å². The number of hydrogen-bond acceptors (Lipinski definition) is 5. The molecule has 2 unspecified atom stereocenters. The first-order chi connectivity index (χ1) is 14.2. The summed E-state index contributed by atoms with van der Waals surface area (Å²) in [5.74, 6) is 1.01. The highest BCUT2D eigenvalue weighted by Gasteiger charge is 2.36. The number of benzene rings is 1. The summed E-state index contributed by atoms with van der Waals surface area (Å²) < 4.78 is 5.34. The Labute approximate surface area is 172 Å². The number of rotatable bonds is 6. The van der Waals surface area contributed by atoms with Crippen LogP contribution in [0.1, 0.15) is 55.7 Å². The normalized spacial score (nSPS) is 22.4. The minimum atomic E-state index is -0.232. The number of carbonyl (C=O) groups excluding carboxylic acids is 1. The lowest BCUT2D eigenvalue weighted by Gasteiger charge is -2.36. The van der Waals surface area contributed by atoms with E-state index in [1.807, 2.05) is 30.5 Å². The number of nitrogens with zero attached hydrogens (tertiary/aromatic N) is 2. The summed E-state index contributed by atoms with van der Waals surface area (Å²) in [6.45, 7) is 0.624. The van der Waals surface area contributed by atoms with Crippen molar-refractivity contribution in [2.45, 2.75) is 63.2 Å². The van der Waals surface area contributed by atoms with E-state index in [4.69, 9.17) is 4.74 Å². The van der Waals surface area contributed by atoms with Crippen molar-refractivity contribution < 1.29 is 9.53 Å². The Morgan fingerprint density at radius 1 is 1.17 bits per heavy atom. The molecular formula is C23H30N4O2. The highest BCUT2D eigenvalue weighted by molar-refractivity contribution is 5.82. The lowest BCUT2D eigenvalue weighted by Crippen LogP contribution is -2.49. The highest BCUT2D eigenvalue weighted by atomic mass is 16.5. The van der Waals surface area contributed by atoms with Crippen molar-refractivity contribution >= 4 is 5.91 Å². The van der Waals surface area contributed by atoms with E-state index in [2.05, 4.69) is 32.9 Å². The van der Waals surface area contributed by atoms with Crippen LogP contribution in [-0.4, -0.2) is 35.0 Å². The predicted octanol–water partition coefficient (Wildman–Crippen LogP) is 3.36. The average molecular weight is 395 g/mol. The van der Waals surface area contributed by atoms with Crippen LogP contribution in [0.2, 0.25) is 0 Å². The van der Waals surface area contributed by atoms with Gasteiger partial charge in [0.15, 0.2) is 0 Å². The molecule has 1 aliphatic carbocycles. The first kappa shape index (κ1) is 19.9. The van der Waals surface area contributed by atoms with Crippen LogP contribution in [0, 0.1) is 0 Å². The van der Waals surface area contributed by atoms with Gasteiger partial charge >= 0.3 is 0 Å². The number of ether oxygens (including phenoxy) is 1. The van der Waals surface area contributed by atoms with Gasteiger partial charge in [-0.3, -0.25) is 9.78 Å². The van der Waals surface area contributed by atoms with E-state index >= 15 is 0 Å². The van der Waals surface area contributed by atoms with Crippen LogP contribution in [0.3, 0.4) is 0 Å². The molecule has 4 rings (SSSR count). The topological polar surface area (TPSA) is 66.5 Å². The molecule has 0 bridgehead atoms. The molecule has 1 saturated carbocycles. The second-order valence-electron chi connectivity index (χ2n) is 8.03.